The second-order valence-corrected chi connectivity index (χ2v) is 6.70. The molecule has 25 heavy (non-hydrogen) atoms. The van der Waals surface area contributed by atoms with Crippen LogP contribution in [0.15, 0.2) is 45.5 Å². The maximum Gasteiger partial charge on any atom is 0.263 e. The molecule has 0 radical (unpaired) electrons. The first-order valence-electron chi connectivity index (χ1n) is 8.88. The third kappa shape index (κ3) is 3.37. The highest BCUT2D eigenvalue weighted by Crippen LogP contribution is 2.33. The molecule has 0 aliphatic carbocycles. The Morgan fingerprint density at radius 3 is 2.84 bits per heavy atom. The summed E-state index contributed by atoms with van der Waals surface area (Å²) in [5, 5.41) is 0. The van der Waals surface area contributed by atoms with Crippen LogP contribution in [0, 0.1) is 13.8 Å². The van der Waals surface area contributed by atoms with Gasteiger partial charge < -0.3 is 8.83 Å². The fraction of sp³-hybridized carbons (Fsp3) is 0.400. The summed E-state index contributed by atoms with van der Waals surface area (Å²) in [4.78, 5) is 11.5. The fourth-order valence-electron chi connectivity index (χ4n) is 3.55. The van der Waals surface area contributed by atoms with E-state index in [4.69, 9.17) is 13.8 Å². The topological polar surface area (TPSA) is 55.3 Å². The van der Waals surface area contributed by atoms with Gasteiger partial charge in [0.1, 0.15) is 11.5 Å². The van der Waals surface area contributed by atoms with Crippen molar-refractivity contribution in [2.75, 3.05) is 6.54 Å². The number of hydrogen-bond acceptors (Lipinski definition) is 5. The van der Waals surface area contributed by atoms with Gasteiger partial charge in [0.2, 0.25) is 0 Å². The molecule has 0 N–H and O–H groups in total. The number of likely N-dealkylation sites (tertiary alicyclic amines) is 1. The molecule has 0 aromatic carbocycles. The number of oxazole rings is 1. The summed E-state index contributed by atoms with van der Waals surface area (Å²) in [5.41, 5.74) is 2.27. The molecule has 1 aliphatic heterocycles. The predicted molar refractivity (Wildman–Crippen MR) is 94.9 cm³/mol. The Bertz CT molecular complexity index is 838. The molecule has 4 heterocycles. The summed E-state index contributed by atoms with van der Waals surface area (Å²) >= 11 is 0. The number of piperidine rings is 1. The number of pyridine rings is 1. The number of aryl methyl sites for hydroxylation is 2. The Balaban J connectivity index is 1.57. The molecule has 1 fully saturated rings. The van der Waals surface area contributed by atoms with E-state index in [1.54, 1.807) is 0 Å². The van der Waals surface area contributed by atoms with Gasteiger partial charge >= 0.3 is 0 Å². The van der Waals surface area contributed by atoms with Crippen LogP contribution in [-0.4, -0.2) is 21.4 Å². The van der Waals surface area contributed by atoms with Gasteiger partial charge in [-0.3, -0.25) is 9.88 Å². The third-order valence-corrected chi connectivity index (χ3v) is 4.88. The molecule has 1 atom stereocenters. The van der Waals surface area contributed by atoms with Gasteiger partial charge in [-0.15, -0.1) is 0 Å². The van der Waals surface area contributed by atoms with Crippen molar-refractivity contribution in [3.05, 3.63) is 59.4 Å². The maximum absolute atomic E-state index is 5.85. The van der Waals surface area contributed by atoms with Crippen molar-refractivity contribution in [2.24, 2.45) is 0 Å². The molecule has 4 rings (SSSR count). The minimum Gasteiger partial charge on any atom is -0.456 e. The summed E-state index contributed by atoms with van der Waals surface area (Å²) in [6.07, 6.45) is 7.45. The average Bonchev–Trinajstić information content (AvgIpc) is 3.22. The van der Waals surface area contributed by atoms with Crippen LogP contribution in [0.1, 0.15) is 48.1 Å². The molecule has 0 spiro atoms. The Labute approximate surface area is 147 Å². The monoisotopic (exact) mass is 337 g/mol. The second-order valence-electron chi connectivity index (χ2n) is 6.70. The summed E-state index contributed by atoms with van der Waals surface area (Å²) in [6, 6.07) is 8.41. The van der Waals surface area contributed by atoms with E-state index >= 15 is 0 Å². The van der Waals surface area contributed by atoms with Crippen molar-refractivity contribution in [1.29, 1.82) is 0 Å². The first kappa shape index (κ1) is 16.1. The molecular weight excluding hydrogens is 314 g/mol. The Hall–Kier alpha value is -2.40. The van der Waals surface area contributed by atoms with Crippen molar-refractivity contribution >= 4 is 0 Å². The van der Waals surface area contributed by atoms with Gasteiger partial charge in [0.25, 0.3) is 5.89 Å². The SMILES string of the molecule is Cc1ccc(-c2nc(CN3CCCCC3c3cccnc3)c(C)o2)o1. The van der Waals surface area contributed by atoms with Crippen LogP contribution in [0.2, 0.25) is 0 Å². The normalized spacial score (nSPS) is 18.6. The number of furan rings is 1. The number of rotatable bonds is 4. The summed E-state index contributed by atoms with van der Waals surface area (Å²) in [5.74, 6) is 2.98. The second kappa shape index (κ2) is 6.84. The van der Waals surface area contributed by atoms with Crippen molar-refractivity contribution in [2.45, 2.75) is 45.7 Å². The van der Waals surface area contributed by atoms with E-state index < -0.39 is 0 Å². The van der Waals surface area contributed by atoms with Crippen LogP contribution in [0.5, 0.6) is 0 Å². The lowest BCUT2D eigenvalue weighted by Crippen LogP contribution is -2.33. The molecule has 130 valence electrons. The molecule has 1 aliphatic rings. The lowest BCUT2D eigenvalue weighted by molar-refractivity contribution is 0.138. The van der Waals surface area contributed by atoms with Crippen molar-refractivity contribution in [1.82, 2.24) is 14.9 Å². The molecule has 3 aromatic rings. The molecule has 5 nitrogen and oxygen atoms in total. The van der Waals surface area contributed by atoms with E-state index in [1.807, 2.05) is 44.4 Å². The van der Waals surface area contributed by atoms with Crippen LogP contribution in [-0.2, 0) is 6.54 Å². The standard InChI is InChI=1S/C20H23N3O2/c1-14-8-9-19(24-14)20-22-17(15(2)25-20)13-23-11-4-3-7-18(23)16-6-5-10-21-12-16/h5-6,8-10,12,18H,3-4,7,11,13H2,1-2H3. The first-order chi connectivity index (χ1) is 12.2. The van der Waals surface area contributed by atoms with Crippen molar-refractivity contribution < 1.29 is 8.83 Å². The Kier molecular flexibility index (Phi) is 4.40. The van der Waals surface area contributed by atoms with Crippen LogP contribution < -0.4 is 0 Å². The van der Waals surface area contributed by atoms with E-state index in [2.05, 4.69) is 16.0 Å². The quantitative estimate of drug-likeness (QED) is 0.692. The zero-order chi connectivity index (χ0) is 17.2. The van der Waals surface area contributed by atoms with E-state index in [1.165, 1.54) is 18.4 Å². The number of hydrogen-bond donors (Lipinski definition) is 0. The van der Waals surface area contributed by atoms with E-state index in [0.717, 1.165) is 36.7 Å². The smallest absolute Gasteiger partial charge is 0.263 e. The van der Waals surface area contributed by atoms with Gasteiger partial charge in [-0.25, -0.2) is 4.98 Å². The van der Waals surface area contributed by atoms with Crippen molar-refractivity contribution in [3.8, 4) is 11.7 Å². The largest absolute Gasteiger partial charge is 0.456 e. The molecule has 0 saturated carbocycles. The minimum absolute atomic E-state index is 0.396. The Morgan fingerprint density at radius 1 is 1.16 bits per heavy atom. The van der Waals surface area contributed by atoms with E-state index in [9.17, 15) is 0 Å². The van der Waals surface area contributed by atoms with E-state index in [0.29, 0.717) is 17.7 Å². The van der Waals surface area contributed by atoms with Crippen molar-refractivity contribution in [3.63, 3.8) is 0 Å². The maximum atomic E-state index is 5.85. The van der Waals surface area contributed by atoms with Gasteiger partial charge in [-0.05, 0) is 57.0 Å². The van der Waals surface area contributed by atoms with Gasteiger partial charge in [-0.1, -0.05) is 12.5 Å². The number of aromatic nitrogens is 2. The molecule has 0 amide bonds. The zero-order valence-electron chi connectivity index (χ0n) is 14.7. The molecule has 0 bridgehead atoms. The molecule has 3 aromatic heterocycles. The van der Waals surface area contributed by atoms with Gasteiger partial charge in [0.05, 0.1) is 5.69 Å². The Morgan fingerprint density at radius 2 is 2.08 bits per heavy atom. The fourth-order valence-corrected chi connectivity index (χ4v) is 3.55. The first-order valence-corrected chi connectivity index (χ1v) is 8.88. The van der Waals surface area contributed by atoms with Crippen LogP contribution in [0.3, 0.4) is 0 Å². The van der Waals surface area contributed by atoms with Gasteiger partial charge in [-0.2, -0.15) is 0 Å². The highest BCUT2D eigenvalue weighted by atomic mass is 16.4. The third-order valence-electron chi connectivity index (χ3n) is 4.88. The van der Waals surface area contributed by atoms with Gasteiger partial charge in [0, 0.05) is 25.0 Å². The zero-order valence-corrected chi connectivity index (χ0v) is 14.7. The number of nitrogens with zero attached hydrogens (tertiary/aromatic N) is 3. The predicted octanol–water partition coefficient (Wildman–Crippen LogP) is 4.67. The van der Waals surface area contributed by atoms with Crippen LogP contribution in [0.4, 0.5) is 0 Å². The highest BCUT2D eigenvalue weighted by molar-refractivity contribution is 5.45. The molecule has 1 unspecified atom stereocenters. The molecule has 5 heteroatoms. The van der Waals surface area contributed by atoms with Gasteiger partial charge in [0.15, 0.2) is 5.76 Å². The lowest BCUT2D eigenvalue weighted by Gasteiger charge is -2.35. The average molecular weight is 337 g/mol. The molecule has 1 saturated heterocycles. The summed E-state index contributed by atoms with van der Waals surface area (Å²) in [7, 11) is 0. The summed E-state index contributed by atoms with van der Waals surface area (Å²) in [6.45, 7) is 5.76. The highest BCUT2D eigenvalue weighted by Gasteiger charge is 2.26. The van der Waals surface area contributed by atoms with E-state index in [-0.39, 0.29) is 0 Å². The van der Waals surface area contributed by atoms with Crippen LogP contribution >= 0.6 is 0 Å². The summed E-state index contributed by atoms with van der Waals surface area (Å²) < 4.78 is 11.5. The lowest BCUT2D eigenvalue weighted by atomic mass is 9.96. The molecular formula is C20H23N3O2. The van der Waals surface area contributed by atoms with Crippen LogP contribution in [0.25, 0.3) is 11.7 Å². The minimum atomic E-state index is 0.396.